The summed E-state index contributed by atoms with van der Waals surface area (Å²) in [6.07, 6.45) is 1.06. The summed E-state index contributed by atoms with van der Waals surface area (Å²) in [5.41, 5.74) is 2.53. The molecule has 0 aliphatic carbocycles. The molecule has 0 saturated carbocycles. The number of rotatable bonds is 6. The Morgan fingerprint density at radius 2 is 1.10 bits per heavy atom. The van der Waals surface area contributed by atoms with Crippen molar-refractivity contribution in [1.82, 2.24) is 0 Å². The maximum atomic E-state index is 5.39. The van der Waals surface area contributed by atoms with Gasteiger partial charge in [0.15, 0.2) is 0 Å². The molecule has 1 rings (SSSR count). The molecule has 0 atom stereocenters. The Kier molecular flexibility index (Phi) is 18.4. The van der Waals surface area contributed by atoms with E-state index in [2.05, 4.69) is 31.2 Å². The highest BCUT2D eigenvalue weighted by Crippen LogP contribution is 2.15. The molecule has 0 aromatic heterocycles. The zero-order valence-corrected chi connectivity index (χ0v) is 11.4. The van der Waals surface area contributed by atoms with Gasteiger partial charge in [-0.1, -0.05) is 60.9 Å². The van der Waals surface area contributed by atoms with Crippen LogP contribution in [0.3, 0.4) is 0 Å². The minimum Gasteiger partial charge on any atom is -0.377 e. The van der Waals surface area contributed by atoms with Crippen molar-refractivity contribution in [2.75, 3.05) is 21.3 Å². The lowest BCUT2D eigenvalue weighted by molar-refractivity contribution is 0.122. The second-order valence-electron chi connectivity index (χ2n) is 3.64. The molecule has 0 N–H and O–H groups in total. The summed E-state index contributed by atoms with van der Waals surface area (Å²) in [7, 11) is 2.43. The van der Waals surface area contributed by atoms with Gasteiger partial charge in [0.05, 0.1) is 0 Å². The topological polar surface area (TPSA) is 27.7 Å². The van der Waals surface area contributed by atoms with E-state index in [0.717, 1.165) is 6.42 Å². The first kappa shape index (κ1) is 27.6. The van der Waals surface area contributed by atoms with E-state index in [-0.39, 0.29) is 29.7 Å². The Bertz CT molecular complexity index is 300. The van der Waals surface area contributed by atoms with E-state index in [4.69, 9.17) is 13.3 Å². The van der Waals surface area contributed by atoms with Crippen LogP contribution < -0.4 is 0 Å². The molecule has 0 amide bonds. The van der Waals surface area contributed by atoms with Crippen LogP contribution in [0.1, 0.15) is 47.8 Å². The molecule has 0 bridgehead atoms. The van der Waals surface area contributed by atoms with Crippen LogP contribution in [0, 0.1) is 0 Å². The van der Waals surface area contributed by atoms with Gasteiger partial charge in [-0.25, -0.2) is 0 Å². The van der Waals surface area contributed by atoms with Gasteiger partial charge in [0, 0.05) is 27.4 Å². The Balaban J connectivity index is -0.000000320. The molecule has 0 aliphatic heterocycles. The van der Waals surface area contributed by atoms with E-state index in [1.807, 2.05) is 0 Å². The molecule has 0 fully saturated rings. The van der Waals surface area contributed by atoms with Crippen molar-refractivity contribution in [2.45, 2.75) is 49.1 Å². The molecule has 1 aromatic carbocycles. The lowest BCUT2D eigenvalue weighted by Crippen LogP contribution is -2.45. The van der Waals surface area contributed by atoms with Gasteiger partial charge in [-0.3, -0.25) is 0 Å². The van der Waals surface area contributed by atoms with Crippen molar-refractivity contribution in [2.24, 2.45) is 0 Å². The van der Waals surface area contributed by atoms with E-state index in [9.17, 15) is 0 Å². The Hall–Kier alpha value is -0.683. The lowest BCUT2D eigenvalue weighted by atomic mass is 10.1. The van der Waals surface area contributed by atoms with Gasteiger partial charge in [-0.15, -0.1) is 0 Å². The zero-order valence-electron chi connectivity index (χ0n) is 10.4. The average Bonchev–Trinajstić information content (AvgIpc) is 2.37. The van der Waals surface area contributed by atoms with Crippen LogP contribution in [0.15, 0.2) is 24.3 Å². The monoisotopic (exact) mass is 304 g/mol. The van der Waals surface area contributed by atoms with Gasteiger partial charge in [0.2, 0.25) is 0 Å². The Labute approximate surface area is 128 Å². The summed E-state index contributed by atoms with van der Waals surface area (Å²) in [4.78, 5) is 0. The van der Waals surface area contributed by atoms with Crippen molar-refractivity contribution >= 4 is 8.80 Å². The lowest BCUT2D eigenvalue weighted by Gasteiger charge is -2.24. The SMILES string of the molecule is C.C.C.C.CCc1ccc(C[Si](OC)(OC)OC)cc1. The maximum Gasteiger partial charge on any atom is 0.504 e. The quantitative estimate of drug-likeness (QED) is 0.710. The smallest absolute Gasteiger partial charge is 0.377 e. The Morgan fingerprint density at radius 3 is 1.40 bits per heavy atom. The molecule has 0 spiro atoms. The number of hydrogen-bond donors (Lipinski definition) is 0. The first-order valence-corrected chi connectivity index (χ1v) is 7.36. The minimum absolute atomic E-state index is 0. The summed E-state index contributed by atoms with van der Waals surface area (Å²) >= 11 is 0. The molecular weight excluding hydrogens is 268 g/mol. The molecule has 3 nitrogen and oxygen atoms in total. The van der Waals surface area contributed by atoms with Crippen molar-refractivity contribution in [3.63, 3.8) is 0 Å². The van der Waals surface area contributed by atoms with Crippen molar-refractivity contribution in [1.29, 1.82) is 0 Å². The molecule has 20 heavy (non-hydrogen) atoms. The minimum atomic E-state index is -2.49. The normalized spacial score (nSPS) is 9.40. The average molecular weight is 305 g/mol. The summed E-state index contributed by atoms with van der Waals surface area (Å²) in [5.74, 6) is 0. The second kappa shape index (κ2) is 13.3. The molecule has 0 aliphatic rings. The van der Waals surface area contributed by atoms with Gasteiger partial charge >= 0.3 is 8.80 Å². The predicted molar refractivity (Wildman–Crippen MR) is 93.2 cm³/mol. The van der Waals surface area contributed by atoms with E-state index in [1.165, 1.54) is 11.1 Å². The van der Waals surface area contributed by atoms with Gasteiger partial charge in [-0.05, 0) is 17.5 Å². The van der Waals surface area contributed by atoms with Gasteiger partial charge < -0.3 is 13.3 Å². The van der Waals surface area contributed by atoms with E-state index < -0.39 is 8.80 Å². The highest BCUT2D eigenvalue weighted by Gasteiger charge is 2.37. The van der Waals surface area contributed by atoms with E-state index in [1.54, 1.807) is 21.3 Å². The first-order valence-electron chi connectivity index (χ1n) is 5.43. The molecule has 0 unspecified atom stereocenters. The summed E-state index contributed by atoms with van der Waals surface area (Å²) in [5, 5.41) is 0. The fourth-order valence-electron chi connectivity index (χ4n) is 1.61. The van der Waals surface area contributed by atoms with E-state index >= 15 is 0 Å². The summed E-state index contributed by atoms with van der Waals surface area (Å²) in [6, 6.07) is 9.20. The molecule has 0 radical (unpaired) electrons. The highest BCUT2D eigenvalue weighted by atomic mass is 28.4. The summed E-state index contributed by atoms with van der Waals surface area (Å²) < 4.78 is 16.2. The van der Waals surface area contributed by atoms with Crippen LogP contribution in [0.4, 0.5) is 0 Å². The predicted octanol–water partition coefficient (Wildman–Crippen LogP) is 4.75. The van der Waals surface area contributed by atoms with Crippen LogP contribution in [0.25, 0.3) is 0 Å². The van der Waals surface area contributed by atoms with Gasteiger partial charge in [0.25, 0.3) is 0 Å². The zero-order chi connectivity index (χ0) is 12.0. The third-order valence-corrected chi connectivity index (χ3v) is 5.49. The largest absolute Gasteiger partial charge is 0.504 e. The molecule has 0 saturated heterocycles. The standard InChI is InChI=1S/C12H20O3Si.4CH4/c1-5-11-6-8-12(9-7-11)10-16(13-2,14-3)15-4;;;;/h6-9H,5,10H2,1-4H3;4*1H4. The second-order valence-corrected chi connectivity index (χ2v) is 6.59. The fourth-order valence-corrected chi connectivity index (χ4v) is 3.28. The molecule has 122 valence electrons. The number of hydrogen-bond acceptors (Lipinski definition) is 3. The molecule has 1 aromatic rings. The van der Waals surface area contributed by atoms with Crippen molar-refractivity contribution in [3.05, 3.63) is 35.4 Å². The van der Waals surface area contributed by atoms with Crippen molar-refractivity contribution < 1.29 is 13.3 Å². The van der Waals surface area contributed by atoms with Crippen LogP contribution in [-0.4, -0.2) is 30.1 Å². The van der Waals surface area contributed by atoms with Gasteiger partial charge in [-0.2, -0.15) is 0 Å². The summed E-state index contributed by atoms with van der Waals surface area (Å²) in [6.45, 7) is 2.15. The van der Waals surface area contributed by atoms with Crippen LogP contribution in [0.5, 0.6) is 0 Å². The highest BCUT2D eigenvalue weighted by molar-refractivity contribution is 6.60. The van der Waals surface area contributed by atoms with E-state index in [0.29, 0.717) is 6.04 Å². The molecular formula is C16H36O3Si. The first-order chi connectivity index (χ1) is 7.69. The number of benzene rings is 1. The van der Waals surface area contributed by atoms with Gasteiger partial charge in [0.1, 0.15) is 0 Å². The molecule has 4 heteroatoms. The van der Waals surface area contributed by atoms with Crippen LogP contribution in [-0.2, 0) is 25.7 Å². The third kappa shape index (κ3) is 7.19. The fraction of sp³-hybridized carbons (Fsp3) is 0.625. The van der Waals surface area contributed by atoms with Crippen LogP contribution in [0.2, 0.25) is 0 Å². The molecule has 0 heterocycles. The Morgan fingerprint density at radius 1 is 0.750 bits per heavy atom. The maximum absolute atomic E-state index is 5.39. The van der Waals surface area contributed by atoms with Crippen LogP contribution >= 0.6 is 0 Å². The van der Waals surface area contributed by atoms with Crippen molar-refractivity contribution in [3.8, 4) is 0 Å². The third-order valence-electron chi connectivity index (χ3n) is 2.78. The number of aryl methyl sites for hydroxylation is 1.